The van der Waals surface area contributed by atoms with E-state index in [4.69, 9.17) is 0 Å². The summed E-state index contributed by atoms with van der Waals surface area (Å²) in [6.45, 7) is 5.29. The van der Waals surface area contributed by atoms with E-state index in [-0.39, 0.29) is 0 Å². The lowest BCUT2D eigenvalue weighted by molar-refractivity contribution is 0.462. The molecule has 1 heterocycles. The molecule has 0 aliphatic heterocycles. The van der Waals surface area contributed by atoms with E-state index in [1.54, 1.807) is 0 Å². The molecule has 0 radical (unpaired) electrons. The van der Waals surface area contributed by atoms with Gasteiger partial charge in [-0.25, -0.2) is 4.68 Å². The van der Waals surface area contributed by atoms with Crippen LogP contribution in [0.15, 0.2) is 4.60 Å². The van der Waals surface area contributed by atoms with E-state index in [2.05, 4.69) is 45.4 Å². The van der Waals surface area contributed by atoms with Crippen molar-refractivity contribution in [3.8, 4) is 0 Å². The average Bonchev–Trinajstić information content (AvgIpc) is 2.54. The predicted molar refractivity (Wildman–Crippen MR) is 64.6 cm³/mol. The second-order valence-electron chi connectivity index (χ2n) is 3.64. The smallest absolute Gasteiger partial charge is 0.153 e. The van der Waals surface area contributed by atoms with Gasteiger partial charge in [0.2, 0.25) is 0 Å². The van der Waals surface area contributed by atoms with Gasteiger partial charge >= 0.3 is 0 Å². The van der Waals surface area contributed by atoms with Crippen LogP contribution in [0.1, 0.15) is 44.8 Å². The molecule has 0 aliphatic rings. The Labute approximate surface area is 99.6 Å². The molecule has 0 fully saturated rings. The fourth-order valence-corrected chi connectivity index (χ4v) is 2.30. The number of hydrogen-bond donors (Lipinski definition) is 1. The van der Waals surface area contributed by atoms with Crippen LogP contribution in [0.3, 0.4) is 0 Å². The van der Waals surface area contributed by atoms with E-state index in [1.807, 2.05) is 11.7 Å². The SMILES string of the molecule is CCCCC(NCC)c1c(Br)nnn1C. The first-order valence-corrected chi connectivity index (χ1v) is 6.28. The maximum absolute atomic E-state index is 4.02. The van der Waals surface area contributed by atoms with Crippen molar-refractivity contribution in [2.45, 2.75) is 39.2 Å². The summed E-state index contributed by atoms with van der Waals surface area (Å²) in [5, 5.41) is 11.5. The van der Waals surface area contributed by atoms with Crippen LogP contribution < -0.4 is 5.32 Å². The Morgan fingerprint density at radius 1 is 1.47 bits per heavy atom. The van der Waals surface area contributed by atoms with E-state index in [9.17, 15) is 0 Å². The molecule has 0 amide bonds. The van der Waals surface area contributed by atoms with Gasteiger partial charge < -0.3 is 5.32 Å². The van der Waals surface area contributed by atoms with Gasteiger partial charge in [0, 0.05) is 7.05 Å². The maximum Gasteiger partial charge on any atom is 0.153 e. The van der Waals surface area contributed by atoms with Gasteiger partial charge in [0.25, 0.3) is 0 Å². The molecule has 0 spiro atoms. The first-order chi connectivity index (χ1) is 7.20. The second kappa shape index (κ2) is 6.23. The van der Waals surface area contributed by atoms with Crippen LogP contribution in [-0.2, 0) is 7.05 Å². The molecule has 0 saturated heterocycles. The van der Waals surface area contributed by atoms with Crippen molar-refractivity contribution in [2.75, 3.05) is 6.54 Å². The zero-order valence-electron chi connectivity index (χ0n) is 9.63. The molecule has 0 bridgehead atoms. The Morgan fingerprint density at radius 3 is 2.67 bits per heavy atom. The summed E-state index contributed by atoms with van der Waals surface area (Å²) in [6.07, 6.45) is 3.56. The minimum absolute atomic E-state index is 0.351. The van der Waals surface area contributed by atoms with E-state index < -0.39 is 0 Å². The lowest BCUT2D eigenvalue weighted by Crippen LogP contribution is -2.23. The van der Waals surface area contributed by atoms with Crippen LogP contribution in [0.25, 0.3) is 0 Å². The zero-order chi connectivity index (χ0) is 11.3. The molecule has 1 aromatic heterocycles. The molecule has 1 atom stereocenters. The summed E-state index contributed by atoms with van der Waals surface area (Å²) in [7, 11) is 1.93. The lowest BCUT2D eigenvalue weighted by Gasteiger charge is -2.17. The van der Waals surface area contributed by atoms with Crippen molar-refractivity contribution < 1.29 is 0 Å². The topological polar surface area (TPSA) is 42.7 Å². The summed E-state index contributed by atoms with van der Waals surface area (Å²) < 4.78 is 2.69. The van der Waals surface area contributed by atoms with Gasteiger partial charge in [-0.15, -0.1) is 5.10 Å². The quantitative estimate of drug-likeness (QED) is 0.867. The molecule has 4 nitrogen and oxygen atoms in total. The van der Waals surface area contributed by atoms with Crippen LogP contribution >= 0.6 is 15.9 Å². The molecule has 1 rings (SSSR count). The molecular weight excluding hydrogens is 256 g/mol. The minimum Gasteiger partial charge on any atom is -0.309 e. The number of aromatic nitrogens is 3. The number of unbranched alkanes of at least 4 members (excludes halogenated alkanes) is 1. The Kier molecular flexibility index (Phi) is 5.25. The summed E-state index contributed by atoms with van der Waals surface area (Å²) in [4.78, 5) is 0. The maximum atomic E-state index is 4.02. The van der Waals surface area contributed by atoms with Gasteiger partial charge in [-0.05, 0) is 28.9 Å². The fourth-order valence-electron chi connectivity index (χ4n) is 1.70. The fraction of sp³-hybridized carbons (Fsp3) is 0.800. The third-order valence-electron chi connectivity index (χ3n) is 2.45. The van der Waals surface area contributed by atoms with Gasteiger partial charge in [0.15, 0.2) is 4.60 Å². The predicted octanol–water partition coefficient (Wildman–Crippen LogP) is 2.42. The van der Waals surface area contributed by atoms with Gasteiger partial charge in [-0.3, -0.25) is 0 Å². The van der Waals surface area contributed by atoms with E-state index in [1.165, 1.54) is 12.8 Å². The first-order valence-electron chi connectivity index (χ1n) is 5.49. The number of rotatable bonds is 6. The minimum atomic E-state index is 0.351. The van der Waals surface area contributed by atoms with Crippen molar-refractivity contribution in [2.24, 2.45) is 7.05 Å². The number of aryl methyl sites for hydroxylation is 1. The van der Waals surface area contributed by atoms with Gasteiger partial charge in [0.1, 0.15) is 0 Å². The third-order valence-corrected chi connectivity index (χ3v) is 3.02. The number of halogens is 1. The molecular formula is C10H19BrN4. The molecule has 1 unspecified atom stereocenters. The third kappa shape index (κ3) is 3.28. The molecule has 1 aromatic rings. The summed E-state index contributed by atoms with van der Waals surface area (Å²) >= 11 is 3.45. The van der Waals surface area contributed by atoms with Crippen LogP contribution in [0.4, 0.5) is 0 Å². The first kappa shape index (κ1) is 12.6. The van der Waals surface area contributed by atoms with Crippen molar-refractivity contribution in [1.29, 1.82) is 0 Å². The van der Waals surface area contributed by atoms with Crippen LogP contribution in [0.2, 0.25) is 0 Å². The Morgan fingerprint density at radius 2 is 2.20 bits per heavy atom. The Bertz CT molecular complexity index is 278. The van der Waals surface area contributed by atoms with Crippen molar-refractivity contribution in [3.05, 3.63) is 10.3 Å². The summed E-state index contributed by atoms with van der Waals surface area (Å²) in [6, 6.07) is 0.351. The van der Waals surface area contributed by atoms with Gasteiger partial charge in [-0.2, -0.15) is 0 Å². The zero-order valence-corrected chi connectivity index (χ0v) is 11.2. The van der Waals surface area contributed by atoms with Crippen molar-refractivity contribution in [1.82, 2.24) is 20.3 Å². The summed E-state index contributed by atoms with van der Waals surface area (Å²) in [5.41, 5.74) is 1.14. The highest BCUT2D eigenvalue weighted by Gasteiger charge is 2.18. The lowest BCUT2D eigenvalue weighted by atomic mass is 10.1. The van der Waals surface area contributed by atoms with Crippen LogP contribution in [0.5, 0.6) is 0 Å². The second-order valence-corrected chi connectivity index (χ2v) is 4.39. The van der Waals surface area contributed by atoms with Gasteiger partial charge in [-0.1, -0.05) is 31.9 Å². The molecule has 0 aromatic carbocycles. The van der Waals surface area contributed by atoms with E-state index in [0.717, 1.165) is 23.3 Å². The molecule has 0 saturated carbocycles. The van der Waals surface area contributed by atoms with E-state index >= 15 is 0 Å². The Hall–Kier alpha value is -0.420. The monoisotopic (exact) mass is 274 g/mol. The summed E-state index contributed by atoms with van der Waals surface area (Å²) in [5.74, 6) is 0. The highest BCUT2D eigenvalue weighted by molar-refractivity contribution is 9.10. The number of nitrogens with zero attached hydrogens (tertiary/aromatic N) is 3. The molecule has 0 aliphatic carbocycles. The highest BCUT2D eigenvalue weighted by Crippen LogP contribution is 2.24. The molecule has 5 heteroatoms. The van der Waals surface area contributed by atoms with Crippen molar-refractivity contribution >= 4 is 15.9 Å². The number of hydrogen-bond acceptors (Lipinski definition) is 3. The van der Waals surface area contributed by atoms with Gasteiger partial charge in [0.05, 0.1) is 11.7 Å². The largest absolute Gasteiger partial charge is 0.309 e. The average molecular weight is 275 g/mol. The van der Waals surface area contributed by atoms with Crippen molar-refractivity contribution in [3.63, 3.8) is 0 Å². The molecule has 15 heavy (non-hydrogen) atoms. The normalized spacial score (nSPS) is 13.1. The molecule has 1 N–H and O–H groups in total. The molecule has 86 valence electrons. The number of nitrogens with one attached hydrogen (secondary N) is 1. The van der Waals surface area contributed by atoms with Crippen LogP contribution in [-0.4, -0.2) is 21.5 Å². The highest BCUT2D eigenvalue weighted by atomic mass is 79.9. The van der Waals surface area contributed by atoms with E-state index in [0.29, 0.717) is 6.04 Å². The van der Waals surface area contributed by atoms with Crippen LogP contribution in [0, 0.1) is 0 Å². The Balaban J connectivity index is 2.78. The standard InChI is InChI=1S/C10H19BrN4/c1-4-6-7-8(12-5-2)9-10(11)13-14-15(9)3/h8,12H,4-7H2,1-3H3.